The number of hydrogen-bond donors (Lipinski definition) is 1. The van der Waals surface area contributed by atoms with Crippen LogP contribution in [0.25, 0.3) is 0 Å². The highest BCUT2D eigenvalue weighted by Crippen LogP contribution is 2.32. The minimum atomic E-state index is -1.48. The zero-order chi connectivity index (χ0) is 22.1. The summed E-state index contributed by atoms with van der Waals surface area (Å²) in [5.74, 6) is -1.10. The number of benzene rings is 3. The second-order valence-corrected chi connectivity index (χ2v) is 8.97. The van der Waals surface area contributed by atoms with Crippen LogP contribution in [0.2, 0.25) is 0 Å². The van der Waals surface area contributed by atoms with Gasteiger partial charge >= 0.3 is 0 Å². The molecule has 158 valence electrons. The van der Waals surface area contributed by atoms with Crippen LogP contribution in [0, 0.1) is 19.7 Å². The Morgan fingerprint density at radius 2 is 1.81 bits per heavy atom. The fourth-order valence-corrected chi connectivity index (χ4v) is 4.63. The number of aryl methyl sites for hydroxylation is 2. The molecule has 1 aliphatic heterocycles. The fraction of sp³-hybridized carbons (Fsp3) is 0.167. The fourth-order valence-electron chi connectivity index (χ4n) is 3.47. The number of hydrogen-bond acceptors (Lipinski definition) is 3. The molecule has 0 saturated carbocycles. The largest absolute Gasteiger partial charge is 0.322 e. The van der Waals surface area contributed by atoms with Gasteiger partial charge in [-0.1, -0.05) is 24.3 Å². The van der Waals surface area contributed by atoms with Gasteiger partial charge in [0.1, 0.15) is 11.6 Å². The molecular formula is C24H21FN2O3S. The van der Waals surface area contributed by atoms with Gasteiger partial charge < -0.3 is 10.2 Å². The van der Waals surface area contributed by atoms with E-state index in [9.17, 15) is 18.2 Å². The summed E-state index contributed by atoms with van der Waals surface area (Å²) in [5.41, 5.74) is 4.20. The van der Waals surface area contributed by atoms with Crippen molar-refractivity contribution >= 4 is 34.0 Å². The second kappa shape index (κ2) is 8.43. The summed E-state index contributed by atoms with van der Waals surface area (Å²) in [6.45, 7) is 4.06. The molecule has 0 fully saturated rings. The smallest absolute Gasteiger partial charge is 0.255 e. The summed E-state index contributed by atoms with van der Waals surface area (Å²) in [7, 11) is -1.48. The molecule has 0 bridgehead atoms. The number of fused-ring (bicyclic) bond motifs is 1. The summed E-state index contributed by atoms with van der Waals surface area (Å²) in [6.07, 6.45) is 0. The SMILES string of the molecule is Cc1ccc(C)c(NC(=O)c2ccc3c(c2)N(Cc2ccc(F)cc2)C(=O)C[S@]3=O)c1. The second-order valence-electron chi connectivity index (χ2n) is 7.55. The molecule has 3 aromatic carbocycles. The monoisotopic (exact) mass is 436 g/mol. The average Bonchev–Trinajstić information content (AvgIpc) is 2.74. The molecule has 4 rings (SSSR count). The maximum Gasteiger partial charge on any atom is 0.255 e. The van der Waals surface area contributed by atoms with Gasteiger partial charge in [-0.25, -0.2) is 4.39 Å². The van der Waals surface area contributed by atoms with Crippen molar-refractivity contribution in [2.24, 2.45) is 0 Å². The number of nitrogens with one attached hydrogen (secondary N) is 1. The summed E-state index contributed by atoms with van der Waals surface area (Å²) < 4.78 is 25.7. The minimum Gasteiger partial charge on any atom is -0.322 e. The van der Waals surface area contributed by atoms with E-state index >= 15 is 0 Å². The highest BCUT2D eigenvalue weighted by atomic mass is 32.2. The van der Waals surface area contributed by atoms with Crippen LogP contribution in [0.3, 0.4) is 0 Å². The number of carbonyl (C=O) groups excluding carboxylic acids is 2. The van der Waals surface area contributed by atoms with Crippen LogP contribution >= 0.6 is 0 Å². The molecule has 0 saturated heterocycles. The van der Waals surface area contributed by atoms with E-state index in [-0.39, 0.29) is 29.9 Å². The number of halogens is 1. The first-order valence-electron chi connectivity index (χ1n) is 9.77. The average molecular weight is 437 g/mol. The first-order chi connectivity index (χ1) is 14.8. The van der Waals surface area contributed by atoms with Crippen molar-refractivity contribution in [2.75, 3.05) is 16.0 Å². The van der Waals surface area contributed by atoms with E-state index in [1.54, 1.807) is 30.3 Å². The van der Waals surface area contributed by atoms with Crippen molar-refractivity contribution < 1.29 is 18.2 Å². The Balaban J connectivity index is 1.67. The molecule has 5 nitrogen and oxygen atoms in total. The molecule has 1 heterocycles. The highest BCUT2D eigenvalue weighted by molar-refractivity contribution is 7.86. The van der Waals surface area contributed by atoms with Gasteiger partial charge in [0.15, 0.2) is 0 Å². The Bertz CT molecular complexity index is 1210. The highest BCUT2D eigenvalue weighted by Gasteiger charge is 2.30. The lowest BCUT2D eigenvalue weighted by Crippen LogP contribution is -2.38. The molecule has 2 amide bonds. The predicted molar refractivity (Wildman–Crippen MR) is 119 cm³/mol. The summed E-state index contributed by atoms with van der Waals surface area (Å²) in [5, 5.41) is 2.91. The van der Waals surface area contributed by atoms with Gasteiger partial charge in [-0.3, -0.25) is 13.8 Å². The molecule has 7 heteroatoms. The maximum atomic E-state index is 13.2. The normalized spacial score (nSPS) is 15.5. The van der Waals surface area contributed by atoms with Crippen molar-refractivity contribution in [1.29, 1.82) is 0 Å². The number of carbonyl (C=O) groups is 2. The number of rotatable bonds is 4. The molecule has 0 aliphatic carbocycles. The minimum absolute atomic E-state index is 0.123. The lowest BCUT2D eigenvalue weighted by molar-refractivity contribution is -0.116. The van der Waals surface area contributed by atoms with E-state index in [4.69, 9.17) is 0 Å². The molecule has 0 spiro atoms. The molecule has 0 unspecified atom stereocenters. The molecule has 3 aromatic rings. The van der Waals surface area contributed by atoms with E-state index < -0.39 is 10.8 Å². The third-order valence-electron chi connectivity index (χ3n) is 5.21. The Labute approximate surface area is 182 Å². The van der Waals surface area contributed by atoms with Gasteiger partial charge in [0.25, 0.3) is 5.91 Å². The van der Waals surface area contributed by atoms with E-state index in [2.05, 4.69) is 5.32 Å². The van der Waals surface area contributed by atoms with Crippen LogP contribution < -0.4 is 10.2 Å². The van der Waals surface area contributed by atoms with Crippen LogP contribution in [0.4, 0.5) is 15.8 Å². The lowest BCUT2D eigenvalue weighted by Gasteiger charge is -2.29. The van der Waals surface area contributed by atoms with Crippen LogP contribution in [0.15, 0.2) is 65.6 Å². The number of nitrogens with zero attached hydrogens (tertiary/aromatic N) is 1. The van der Waals surface area contributed by atoms with Gasteiger partial charge in [0.2, 0.25) is 5.91 Å². The standard InChI is InChI=1S/C24H21FN2O3S/c1-15-3-4-16(2)20(11-15)26-24(29)18-7-10-22-21(12-18)27(23(28)14-31(22)30)13-17-5-8-19(25)9-6-17/h3-12H,13-14H2,1-2H3,(H,26,29)/t31-/m1/s1. The molecule has 1 atom stereocenters. The van der Waals surface area contributed by atoms with Crippen LogP contribution in [-0.2, 0) is 22.1 Å². The molecule has 31 heavy (non-hydrogen) atoms. The Morgan fingerprint density at radius 1 is 1.06 bits per heavy atom. The van der Waals surface area contributed by atoms with Crippen LogP contribution in [0.1, 0.15) is 27.0 Å². The number of amides is 2. The molecule has 1 N–H and O–H groups in total. The van der Waals surface area contributed by atoms with E-state index in [1.807, 2.05) is 32.0 Å². The first-order valence-corrected chi connectivity index (χ1v) is 11.1. The van der Waals surface area contributed by atoms with Gasteiger partial charge in [-0.15, -0.1) is 0 Å². The van der Waals surface area contributed by atoms with Gasteiger partial charge in [-0.2, -0.15) is 0 Å². The third-order valence-corrected chi connectivity index (χ3v) is 6.55. The van der Waals surface area contributed by atoms with Crippen molar-refractivity contribution in [2.45, 2.75) is 25.3 Å². The maximum absolute atomic E-state index is 13.2. The van der Waals surface area contributed by atoms with Crippen molar-refractivity contribution in [1.82, 2.24) is 0 Å². The van der Waals surface area contributed by atoms with E-state index in [0.29, 0.717) is 21.8 Å². The Morgan fingerprint density at radius 3 is 2.55 bits per heavy atom. The predicted octanol–water partition coefficient (Wildman–Crippen LogP) is 4.35. The zero-order valence-corrected chi connectivity index (χ0v) is 18.0. The first kappa shape index (κ1) is 20.9. The van der Waals surface area contributed by atoms with E-state index in [0.717, 1.165) is 16.7 Å². The van der Waals surface area contributed by atoms with Gasteiger partial charge in [-0.05, 0) is 66.9 Å². The van der Waals surface area contributed by atoms with Crippen molar-refractivity contribution in [3.63, 3.8) is 0 Å². The van der Waals surface area contributed by atoms with Gasteiger partial charge in [0.05, 0.1) is 27.9 Å². The van der Waals surface area contributed by atoms with Crippen molar-refractivity contribution in [3.05, 3.63) is 88.7 Å². The quantitative estimate of drug-likeness (QED) is 0.661. The summed E-state index contributed by atoms with van der Waals surface area (Å²) in [4.78, 5) is 27.6. The molecule has 0 aromatic heterocycles. The van der Waals surface area contributed by atoms with Crippen LogP contribution in [-0.4, -0.2) is 21.8 Å². The van der Waals surface area contributed by atoms with Crippen molar-refractivity contribution in [3.8, 4) is 0 Å². The van der Waals surface area contributed by atoms with Crippen LogP contribution in [0.5, 0.6) is 0 Å². The summed E-state index contributed by atoms with van der Waals surface area (Å²) >= 11 is 0. The third kappa shape index (κ3) is 4.41. The Hall–Kier alpha value is -3.32. The topological polar surface area (TPSA) is 66.5 Å². The van der Waals surface area contributed by atoms with Gasteiger partial charge in [0, 0.05) is 11.3 Å². The molecule has 0 radical (unpaired) electrons. The zero-order valence-electron chi connectivity index (χ0n) is 17.1. The molecule has 1 aliphatic rings. The lowest BCUT2D eigenvalue weighted by atomic mass is 10.1. The number of anilines is 2. The molecular weight excluding hydrogens is 415 g/mol. The van der Waals surface area contributed by atoms with E-state index in [1.165, 1.54) is 17.0 Å². The Kier molecular flexibility index (Phi) is 5.69. The summed E-state index contributed by atoms with van der Waals surface area (Å²) in [6, 6.07) is 16.5.